The number of Topliss-reactive ketones (excluding diaryl/α,β-unsaturated/α-hetero) is 1. The Hall–Kier alpha value is -1.91. The van der Waals surface area contributed by atoms with Crippen molar-refractivity contribution >= 4 is 11.4 Å². The largest absolute Gasteiger partial charge is 0.481 e. The zero-order chi connectivity index (χ0) is 10.1. The van der Waals surface area contributed by atoms with Crippen molar-refractivity contribution in [3.8, 4) is 5.88 Å². The van der Waals surface area contributed by atoms with Crippen LogP contribution >= 0.6 is 0 Å². The van der Waals surface area contributed by atoms with Gasteiger partial charge in [0.2, 0.25) is 5.88 Å². The molecular weight excluding hydrogens is 182 g/mol. The van der Waals surface area contributed by atoms with Crippen molar-refractivity contribution in [3.63, 3.8) is 0 Å². The van der Waals surface area contributed by atoms with Crippen LogP contribution in [0.15, 0.2) is 18.3 Å². The van der Waals surface area contributed by atoms with Crippen LogP contribution in [-0.4, -0.2) is 27.5 Å². The third-order valence-electron chi connectivity index (χ3n) is 1.87. The van der Waals surface area contributed by atoms with Crippen molar-refractivity contribution in [1.29, 1.82) is 0 Å². The van der Waals surface area contributed by atoms with Crippen LogP contribution < -0.4 is 4.74 Å². The van der Waals surface area contributed by atoms with Gasteiger partial charge in [0.25, 0.3) is 0 Å². The first-order valence-corrected chi connectivity index (χ1v) is 4.12. The number of methoxy groups -OCH3 is 1. The molecule has 14 heavy (non-hydrogen) atoms. The molecular formula is C9H9N3O2. The van der Waals surface area contributed by atoms with E-state index in [9.17, 15) is 4.79 Å². The fourth-order valence-electron chi connectivity index (χ4n) is 1.15. The highest BCUT2D eigenvalue weighted by atomic mass is 16.5. The van der Waals surface area contributed by atoms with Gasteiger partial charge >= 0.3 is 0 Å². The monoisotopic (exact) mass is 191 g/mol. The van der Waals surface area contributed by atoms with Gasteiger partial charge in [0.1, 0.15) is 5.69 Å². The van der Waals surface area contributed by atoms with E-state index in [2.05, 4.69) is 10.1 Å². The highest BCUT2D eigenvalue weighted by Gasteiger charge is 2.06. The van der Waals surface area contributed by atoms with Crippen LogP contribution in [0.25, 0.3) is 5.65 Å². The molecule has 5 heteroatoms. The minimum atomic E-state index is -0.0746. The van der Waals surface area contributed by atoms with Gasteiger partial charge < -0.3 is 4.74 Å². The lowest BCUT2D eigenvalue weighted by molar-refractivity contribution is 0.101. The molecule has 0 spiro atoms. The maximum atomic E-state index is 11.0. The molecule has 0 saturated heterocycles. The van der Waals surface area contributed by atoms with E-state index in [0.29, 0.717) is 17.2 Å². The molecule has 5 nitrogen and oxygen atoms in total. The van der Waals surface area contributed by atoms with E-state index in [4.69, 9.17) is 4.74 Å². The second-order valence-corrected chi connectivity index (χ2v) is 2.86. The Bertz CT molecular complexity index is 490. The van der Waals surface area contributed by atoms with Crippen molar-refractivity contribution in [3.05, 3.63) is 24.0 Å². The zero-order valence-electron chi connectivity index (χ0n) is 7.89. The molecule has 0 N–H and O–H groups in total. The summed E-state index contributed by atoms with van der Waals surface area (Å²) in [5.41, 5.74) is 1.01. The van der Waals surface area contributed by atoms with Crippen molar-refractivity contribution in [2.45, 2.75) is 6.92 Å². The maximum absolute atomic E-state index is 11.0. The van der Waals surface area contributed by atoms with Crippen LogP contribution in [0, 0.1) is 0 Å². The number of hydrogen-bond donors (Lipinski definition) is 0. The van der Waals surface area contributed by atoms with Crippen LogP contribution in [0.1, 0.15) is 17.4 Å². The first kappa shape index (κ1) is 8.68. The van der Waals surface area contributed by atoms with Crippen LogP contribution in [0.5, 0.6) is 5.88 Å². The van der Waals surface area contributed by atoms with E-state index in [-0.39, 0.29) is 5.78 Å². The zero-order valence-corrected chi connectivity index (χ0v) is 7.89. The fourth-order valence-corrected chi connectivity index (χ4v) is 1.15. The summed E-state index contributed by atoms with van der Waals surface area (Å²) in [5.74, 6) is 0.432. The Morgan fingerprint density at radius 1 is 1.57 bits per heavy atom. The van der Waals surface area contributed by atoms with E-state index in [0.717, 1.165) is 0 Å². The Balaban J connectivity index is 2.60. The smallest absolute Gasteiger partial charge is 0.216 e. The van der Waals surface area contributed by atoms with Crippen molar-refractivity contribution < 1.29 is 9.53 Å². The standard InChI is InChI=1S/C9H9N3O2/c1-6(13)7-5-8-10-9(14-2)3-4-12(8)11-7/h3-5H,1-2H3. The van der Waals surface area contributed by atoms with Gasteiger partial charge in [0, 0.05) is 25.3 Å². The average Bonchev–Trinajstić information content (AvgIpc) is 2.59. The molecule has 2 aromatic heterocycles. The first-order valence-electron chi connectivity index (χ1n) is 4.12. The number of rotatable bonds is 2. The van der Waals surface area contributed by atoms with E-state index in [1.807, 2.05) is 0 Å². The van der Waals surface area contributed by atoms with Gasteiger partial charge in [-0.3, -0.25) is 4.79 Å². The number of fused-ring (bicyclic) bond motifs is 1. The summed E-state index contributed by atoms with van der Waals surface area (Å²) < 4.78 is 6.50. The molecule has 0 aliphatic rings. The van der Waals surface area contributed by atoms with Crippen LogP contribution in [-0.2, 0) is 0 Å². The second-order valence-electron chi connectivity index (χ2n) is 2.86. The normalized spacial score (nSPS) is 10.4. The second kappa shape index (κ2) is 3.10. The van der Waals surface area contributed by atoms with E-state index in [1.54, 1.807) is 30.0 Å². The molecule has 0 aliphatic carbocycles. The first-order chi connectivity index (χ1) is 6.70. The number of carbonyl (C=O) groups is 1. The topological polar surface area (TPSA) is 56.5 Å². The predicted molar refractivity (Wildman–Crippen MR) is 49.5 cm³/mol. The molecule has 0 aromatic carbocycles. The van der Waals surface area contributed by atoms with E-state index in [1.165, 1.54) is 6.92 Å². The summed E-state index contributed by atoms with van der Waals surface area (Å²) in [4.78, 5) is 15.2. The highest BCUT2D eigenvalue weighted by Crippen LogP contribution is 2.09. The molecule has 2 aromatic rings. The maximum Gasteiger partial charge on any atom is 0.216 e. The Kier molecular flexibility index (Phi) is 1.92. The van der Waals surface area contributed by atoms with Gasteiger partial charge in [-0.25, -0.2) is 4.52 Å². The number of carbonyl (C=O) groups excluding carboxylic acids is 1. The summed E-state index contributed by atoms with van der Waals surface area (Å²) >= 11 is 0. The number of nitrogens with zero attached hydrogens (tertiary/aromatic N) is 3. The third-order valence-corrected chi connectivity index (χ3v) is 1.87. The van der Waals surface area contributed by atoms with Gasteiger partial charge in [0.05, 0.1) is 7.11 Å². The molecule has 0 radical (unpaired) electrons. The molecule has 0 bridgehead atoms. The van der Waals surface area contributed by atoms with Crippen molar-refractivity contribution in [2.24, 2.45) is 0 Å². The molecule has 72 valence electrons. The van der Waals surface area contributed by atoms with Gasteiger partial charge in [-0.2, -0.15) is 10.1 Å². The third kappa shape index (κ3) is 1.32. The Morgan fingerprint density at radius 3 is 3.00 bits per heavy atom. The predicted octanol–water partition coefficient (Wildman–Crippen LogP) is 0.940. The Morgan fingerprint density at radius 2 is 2.36 bits per heavy atom. The Labute approximate surface area is 80.3 Å². The van der Waals surface area contributed by atoms with Gasteiger partial charge in [-0.1, -0.05) is 0 Å². The fraction of sp³-hybridized carbons (Fsp3) is 0.222. The number of ketones is 1. The molecule has 0 aliphatic heterocycles. The molecule has 0 saturated carbocycles. The van der Waals surface area contributed by atoms with Gasteiger partial charge in [0.15, 0.2) is 11.4 Å². The molecule has 0 unspecified atom stereocenters. The quantitative estimate of drug-likeness (QED) is 0.663. The molecule has 0 atom stereocenters. The summed E-state index contributed by atoms with van der Waals surface area (Å²) in [6.45, 7) is 1.47. The average molecular weight is 191 g/mol. The minimum absolute atomic E-state index is 0.0746. The summed E-state index contributed by atoms with van der Waals surface area (Å²) in [5, 5.41) is 4.04. The SMILES string of the molecule is COc1ccn2nc(C(C)=O)cc2n1. The summed E-state index contributed by atoms with van der Waals surface area (Å²) in [7, 11) is 1.54. The van der Waals surface area contributed by atoms with Crippen molar-refractivity contribution in [1.82, 2.24) is 14.6 Å². The van der Waals surface area contributed by atoms with Crippen LogP contribution in [0.3, 0.4) is 0 Å². The summed E-state index contributed by atoms with van der Waals surface area (Å²) in [6, 6.07) is 3.31. The minimum Gasteiger partial charge on any atom is -0.481 e. The van der Waals surface area contributed by atoms with Gasteiger partial charge in [-0.05, 0) is 0 Å². The molecule has 2 rings (SSSR count). The van der Waals surface area contributed by atoms with Crippen LogP contribution in [0.4, 0.5) is 0 Å². The number of aromatic nitrogens is 3. The van der Waals surface area contributed by atoms with E-state index < -0.39 is 0 Å². The molecule has 2 heterocycles. The van der Waals surface area contributed by atoms with Crippen molar-refractivity contribution in [2.75, 3.05) is 7.11 Å². The lowest BCUT2D eigenvalue weighted by atomic mass is 10.3. The lowest BCUT2D eigenvalue weighted by Gasteiger charge is -1.96. The molecule has 0 amide bonds. The lowest BCUT2D eigenvalue weighted by Crippen LogP contribution is -1.95. The van der Waals surface area contributed by atoms with Crippen LogP contribution in [0.2, 0.25) is 0 Å². The number of ether oxygens (including phenoxy) is 1. The summed E-state index contributed by atoms with van der Waals surface area (Å²) in [6.07, 6.45) is 1.70. The highest BCUT2D eigenvalue weighted by molar-refractivity contribution is 5.93. The van der Waals surface area contributed by atoms with E-state index >= 15 is 0 Å². The van der Waals surface area contributed by atoms with Gasteiger partial charge in [-0.15, -0.1) is 0 Å². The number of hydrogen-bond acceptors (Lipinski definition) is 4. The molecule has 0 fully saturated rings.